The summed E-state index contributed by atoms with van der Waals surface area (Å²) < 4.78 is 0. The Morgan fingerprint density at radius 1 is 1.21 bits per heavy atom. The first-order valence-electron chi connectivity index (χ1n) is 5.34. The molecule has 0 saturated carbocycles. The van der Waals surface area contributed by atoms with Crippen LogP contribution >= 0.6 is 0 Å². The summed E-state index contributed by atoms with van der Waals surface area (Å²) in [4.78, 5) is 36.0. The predicted octanol–water partition coefficient (Wildman–Crippen LogP) is 0.0481. The highest BCUT2D eigenvalue weighted by Gasteiger charge is 2.16. The Kier molecular flexibility index (Phi) is 3.19. The lowest BCUT2D eigenvalue weighted by atomic mass is 10.1. The standard InChI is InChI=1S/C12H10N2O5/c15-8(16)5-13-12(19)9-10(17)6-3-1-2-4-7(6)11(18)14-9/h1-4,17H,5H2,(H,13,19)(H,14,18)(H,15,16). The zero-order chi connectivity index (χ0) is 14.0. The molecule has 0 aliphatic rings. The summed E-state index contributed by atoms with van der Waals surface area (Å²) in [5.41, 5.74) is -0.890. The van der Waals surface area contributed by atoms with Gasteiger partial charge in [0.05, 0.1) is 5.39 Å². The number of carbonyl (C=O) groups is 2. The topological polar surface area (TPSA) is 119 Å². The maximum absolute atomic E-state index is 11.7. The van der Waals surface area contributed by atoms with Crippen LogP contribution in [0.15, 0.2) is 29.1 Å². The van der Waals surface area contributed by atoms with Crippen LogP contribution in [0.4, 0.5) is 0 Å². The number of carboxylic acid groups (broad SMARTS) is 1. The highest BCUT2D eigenvalue weighted by molar-refractivity contribution is 6.02. The van der Waals surface area contributed by atoms with Crippen molar-refractivity contribution in [3.8, 4) is 5.75 Å². The van der Waals surface area contributed by atoms with Crippen LogP contribution in [0.25, 0.3) is 10.8 Å². The van der Waals surface area contributed by atoms with Gasteiger partial charge >= 0.3 is 5.97 Å². The van der Waals surface area contributed by atoms with Gasteiger partial charge in [-0.15, -0.1) is 0 Å². The zero-order valence-electron chi connectivity index (χ0n) is 9.64. The Bertz CT molecular complexity index is 720. The Balaban J connectivity index is 2.50. The largest absolute Gasteiger partial charge is 0.505 e. The van der Waals surface area contributed by atoms with E-state index in [-0.39, 0.29) is 16.5 Å². The molecule has 0 aliphatic heterocycles. The molecule has 2 aromatic rings. The van der Waals surface area contributed by atoms with Gasteiger partial charge in [0.1, 0.15) is 12.2 Å². The van der Waals surface area contributed by atoms with Crippen LogP contribution in [0.1, 0.15) is 10.5 Å². The van der Waals surface area contributed by atoms with Crippen LogP contribution in [0.5, 0.6) is 5.75 Å². The fourth-order valence-corrected chi connectivity index (χ4v) is 1.67. The number of aromatic nitrogens is 1. The highest BCUT2D eigenvalue weighted by Crippen LogP contribution is 2.24. The Labute approximate surface area is 106 Å². The lowest BCUT2D eigenvalue weighted by Crippen LogP contribution is -2.31. The molecule has 0 spiro atoms. The van der Waals surface area contributed by atoms with Crippen LogP contribution < -0.4 is 10.9 Å². The van der Waals surface area contributed by atoms with Gasteiger partial charge in [-0.3, -0.25) is 14.4 Å². The van der Waals surface area contributed by atoms with Crippen LogP contribution in [0, 0.1) is 0 Å². The van der Waals surface area contributed by atoms with E-state index < -0.39 is 29.7 Å². The highest BCUT2D eigenvalue weighted by atomic mass is 16.4. The van der Waals surface area contributed by atoms with Gasteiger partial charge in [0, 0.05) is 5.39 Å². The molecule has 0 aliphatic carbocycles. The molecule has 7 heteroatoms. The van der Waals surface area contributed by atoms with E-state index in [9.17, 15) is 19.5 Å². The molecule has 1 amide bonds. The van der Waals surface area contributed by atoms with E-state index in [1.807, 2.05) is 0 Å². The van der Waals surface area contributed by atoms with E-state index in [2.05, 4.69) is 10.3 Å². The number of aromatic hydroxyl groups is 1. The summed E-state index contributed by atoms with van der Waals surface area (Å²) in [5.74, 6) is -2.48. The average molecular weight is 262 g/mol. The number of carbonyl (C=O) groups excluding carboxylic acids is 1. The molecule has 2 rings (SSSR count). The number of nitrogens with one attached hydrogen (secondary N) is 2. The number of amides is 1. The van der Waals surface area contributed by atoms with Crippen molar-refractivity contribution in [2.45, 2.75) is 0 Å². The summed E-state index contributed by atoms with van der Waals surface area (Å²) in [6.45, 7) is -0.604. The molecule has 0 radical (unpaired) electrons. The number of benzene rings is 1. The lowest BCUT2D eigenvalue weighted by Gasteiger charge is -2.07. The molecule has 4 N–H and O–H groups in total. The predicted molar refractivity (Wildman–Crippen MR) is 66.2 cm³/mol. The number of hydrogen-bond donors (Lipinski definition) is 4. The third-order valence-electron chi connectivity index (χ3n) is 2.53. The monoisotopic (exact) mass is 262 g/mol. The first kappa shape index (κ1) is 12.6. The molecular weight excluding hydrogens is 252 g/mol. The smallest absolute Gasteiger partial charge is 0.322 e. The Morgan fingerprint density at radius 3 is 2.47 bits per heavy atom. The number of hydrogen-bond acceptors (Lipinski definition) is 4. The van der Waals surface area contributed by atoms with Crippen molar-refractivity contribution >= 4 is 22.6 Å². The van der Waals surface area contributed by atoms with Crippen molar-refractivity contribution in [2.24, 2.45) is 0 Å². The summed E-state index contributed by atoms with van der Waals surface area (Å²) >= 11 is 0. The quantitative estimate of drug-likeness (QED) is 0.623. The lowest BCUT2D eigenvalue weighted by molar-refractivity contribution is -0.135. The third-order valence-corrected chi connectivity index (χ3v) is 2.53. The van der Waals surface area contributed by atoms with Crippen molar-refractivity contribution in [1.29, 1.82) is 0 Å². The van der Waals surface area contributed by atoms with E-state index >= 15 is 0 Å². The van der Waals surface area contributed by atoms with Gasteiger partial charge in [-0.1, -0.05) is 18.2 Å². The number of H-pyrrole nitrogens is 1. The molecule has 0 saturated heterocycles. The SMILES string of the molecule is O=C(O)CNC(=O)c1[nH]c(=O)c2ccccc2c1O. The van der Waals surface area contributed by atoms with Crippen LogP contribution in [0.2, 0.25) is 0 Å². The first-order valence-corrected chi connectivity index (χ1v) is 5.34. The van der Waals surface area contributed by atoms with E-state index in [1.165, 1.54) is 12.1 Å². The number of carboxylic acids is 1. The summed E-state index contributed by atoms with van der Waals surface area (Å²) in [7, 11) is 0. The van der Waals surface area contributed by atoms with E-state index in [4.69, 9.17) is 5.11 Å². The second kappa shape index (κ2) is 4.81. The van der Waals surface area contributed by atoms with Gasteiger partial charge < -0.3 is 20.5 Å². The Morgan fingerprint density at radius 2 is 1.84 bits per heavy atom. The molecular formula is C12H10N2O5. The number of fused-ring (bicyclic) bond motifs is 1. The molecule has 1 aromatic carbocycles. The molecule has 1 aromatic heterocycles. The normalized spacial score (nSPS) is 10.3. The fourth-order valence-electron chi connectivity index (χ4n) is 1.67. The fraction of sp³-hybridized carbons (Fsp3) is 0.0833. The molecule has 0 atom stereocenters. The van der Waals surface area contributed by atoms with Gasteiger partial charge in [0.25, 0.3) is 11.5 Å². The van der Waals surface area contributed by atoms with Crippen LogP contribution in [0.3, 0.4) is 0 Å². The Hall–Kier alpha value is -2.83. The molecule has 0 bridgehead atoms. The molecule has 19 heavy (non-hydrogen) atoms. The minimum Gasteiger partial charge on any atom is -0.505 e. The molecule has 98 valence electrons. The van der Waals surface area contributed by atoms with E-state index in [0.717, 1.165) is 0 Å². The number of rotatable bonds is 3. The van der Waals surface area contributed by atoms with Gasteiger partial charge in [-0.05, 0) is 6.07 Å². The maximum atomic E-state index is 11.7. The van der Waals surface area contributed by atoms with E-state index in [0.29, 0.717) is 0 Å². The second-order valence-corrected chi connectivity index (χ2v) is 3.80. The van der Waals surface area contributed by atoms with Crippen LogP contribution in [-0.4, -0.2) is 33.6 Å². The van der Waals surface area contributed by atoms with E-state index in [1.54, 1.807) is 12.1 Å². The van der Waals surface area contributed by atoms with Crippen LogP contribution in [-0.2, 0) is 4.79 Å². The average Bonchev–Trinajstić information content (AvgIpc) is 2.40. The molecule has 0 fully saturated rings. The minimum atomic E-state index is -1.23. The first-order chi connectivity index (χ1) is 9.00. The number of aromatic amines is 1. The van der Waals surface area contributed by atoms with Gasteiger partial charge in [0.15, 0.2) is 5.75 Å². The number of pyridine rings is 1. The second-order valence-electron chi connectivity index (χ2n) is 3.80. The molecule has 1 heterocycles. The van der Waals surface area contributed by atoms with Gasteiger partial charge in [-0.2, -0.15) is 0 Å². The maximum Gasteiger partial charge on any atom is 0.322 e. The summed E-state index contributed by atoms with van der Waals surface area (Å²) in [6, 6.07) is 6.24. The van der Waals surface area contributed by atoms with Gasteiger partial charge in [-0.25, -0.2) is 0 Å². The van der Waals surface area contributed by atoms with Crippen molar-refractivity contribution < 1.29 is 19.8 Å². The summed E-state index contributed by atoms with van der Waals surface area (Å²) in [5, 5.41) is 20.9. The van der Waals surface area contributed by atoms with Crippen molar-refractivity contribution in [2.75, 3.05) is 6.54 Å². The molecule has 0 unspecified atom stereocenters. The third kappa shape index (κ3) is 2.39. The van der Waals surface area contributed by atoms with Gasteiger partial charge in [0.2, 0.25) is 0 Å². The van der Waals surface area contributed by atoms with Crippen molar-refractivity contribution in [3.63, 3.8) is 0 Å². The summed E-state index contributed by atoms with van der Waals surface area (Å²) in [6.07, 6.45) is 0. The molecule has 7 nitrogen and oxygen atoms in total. The minimum absolute atomic E-state index is 0.228. The number of aliphatic carboxylic acids is 1. The zero-order valence-corrected chi connectivity index (χ0v) is 9.64. The van der Waals surface area contributed by atoms with Crippen molar-refractivity contribution in [3.05, 3.63) is 40.3 Å². The van der Waals surface area contributed by atoms with Crippen molar-refractivity contribution in [1.82, 2.24) is 10.3 Å².